The standard InChI is InChI=1S/C29H36N2O3S/c1-21(2)23-14-18-26(19-15-23)31(35(33,34)27-10-8-7-9-11-27)20-28(32)30-22(3)24-12-16-25(17-13-24)29(4,5)6/h7-19,21-22H,20H2,1-6H3,(H,30,32)/t22-/m1/s1. The molecule has 0 fully saturated rings. The maximum absolute atomic E-state index is 13.5. The van der Waals surface area contributed by atoms with Gasteiger partial charge in [-0.3, -0.25) is 9.10 Å². The van der Waals surface area contributed by atoms with Crippen LogP contribution >= 0.6 is 0 Å². The van der Waals surface area contributed by atoms with Crippen molar-refractivity contribution in [1.29, 1.82) is 0 Å². The summed E-state index contributed by atoms with van der Waals surface area (Å²) in [5, 5.41) is 2.96. The molecule has 0 radical (unpaired) electrons. The summed E-state index contributed by atoms with van der Waals surface area (Å²) in [6, 6.07) is 23.4. The van der Waals surface area contributed by atoms with Gasteiger partial charge in [-0.1, -0.05) is 89.2 Å². The van der Waals surface area contributed by atoms with E-state index < -0.39 is 10.0 Å². The first-order valence-corrected chi connectivity index (χ1v) is 13.4. The van der Waals surface area contributed by atoms with Crippen molar-refractivity contribution in [2.45, 2.75) is 63.8 Å². The van der Waals surface area contributed by atoms with Gasteiger partial charge < -0.3 is 5.32 Å². The van der Waals surface area contributed by atoms with E-state index in [0.717, 1.165) is 11.1 Å². The topological polar surface area (TPSA) is 66.5 Å². The minimum atomic E-state index is -3.93. The molecule has 6 heteroatoms. The number of amides is 1. The van der Waals surface area contributed by atoms with Crippen LogP contribution in [0.4, 0.5) is 5.69 Å². The molecule has 0 saturated carbocycles. The molecule has 3 aromatic carbocycles. The van der Waals surface area contributed by atoms with Gasteiger partial charge in [0.1, 0.15) is 6.54 Å². The minimum absolute atomic E-state index is 0.0441. The molecule has 1 N–H and O–H groups in total. The van der Waals surface area contributed by atoms with Crippen LogP contribution in [0.25, 0.3) is 0 Å². The molecular weight excluding hydrogens is 456 g/mol. The normalized spacial score (nSPS) is 12.9. The number of hydrogen-bond donors (Lipinski definition) is 1. The van der Waals surface area contributed by atoms with Crippen LogP contribution in [0.3, 0.4) is 0 Å². The van der Waals surface area contributed by atoms with Crippen LogP contribution in [-0.2, 0) is 20.2 Å². The predicted molar refractivity (Wildman–Crippen MR) is 143 cm³/mol. The number of carbonyl (C=O) groups is 1. The number of hydrogen-bond acceptors (Lipinski definition) is 3. The SMILES string of the molecule is CC(C)c1ccc(N(CC(=O)N[C@H](C)c2ccc(C(C)(C)C)cc2)S(=O)(=O)c2ccccc2)cc1. The molecule has 0 aromatic heterocycles. The molecule has 3 rings (SSSR count). The lowest BCUT2D eigenvalue weighted by atomic mass is 9.86. The lowest BCUT2D eigenvalue weighted by molar-refractivity contribution is -0.120. The Morgan fingerprint density at radius 2 is 1.37 bits per heavy atom. The smallest absolute Gasteiger partial charge is 0.264 e. The van der Waals surface area contributed by atoms with Crippen LogP contribution < -0.4 is 9.62 Å². The third-order valence-electron chi connectivity index (χ3n) is 6.12. The molecule has 186 valence electrons. The Balaban J connectivity index is 1.85. The fourth-order valence-corrected chi connectivity index (χ4v) is 5.27. The molecule has 0 bridgehead atoms. The second-order valence-electron chi connectivity index (χ2n) is 10.2. The zero-order chi connectivity index (χ0) is 25.8. The lowest BCUT2D eigenvalue weighted by Crippen LogP contribution is -2.41. The second kappa shape index (κ2) is 10.6. The average molecular weight is 493 g/mol. The van der Waals surface area contributed by atoms with Crippen molar-refractivity contribution in [3.8, 4) is 0 Å². The summed E-state index contributed by atoms with van der Waals surface area (Å²) in [4.78, 5) is 13.2. The maximum atomic E-state index is 13.5. The molecule has 5 nitrogen and oxygen atoms in total. The largest absolute Gasteiger partial charge is 0.348 e. The van der Waals surface area contributed by atoms with Gasteiger partial charge in [0.15, 0.2) is 0 Å². The van der Waals surface area contributed by atoms with Crippen LogP contribution in [0.1, 0.15) is 70.2 Å². The van der Waals surface area contributed by atoms with E-state index in [1.165, 1.54) is 9.87 Å². The summed E-state index contributed by atoms with van der Waals surface area (Å²) in [5.41, 5.74) is 3.77. The molecule has 0 unspecified atom stereocenters. The number of benzene rings is 3. The highest BCUT2D eigenvalue weighted by molar-refractivity contribution is 7.92. The fourth-order valence-electron chi connectivity index (χ4n) is 3.83. The highest BCUT2D eigenvalue weighted by atomic mass is 32.2. The van der Waals surface area contributed by atoms with E-state index in [2.05, 4.69) is 52.1 Å². The molecule has 0 aliphatic carbocycles. The van der Waals surface area contributed by atoms with E-state index in [-0.39, 0.29) is 28.8 Å². The highest BCUT2D eigenvalue weighted by Gasteiger charge is 2.27. The molecule has 1 atom stereocenters. The summed E-state index contributed by atoms with van der Waals surface area (Å²) in [7, 11) is -3.93. The van der Waals surface area contributed by atoms with Crippen LogP contribution in [-0.4, -0.2) is 20.9 Å². The van der Waals surface area contributed by atoms with Crippen molar-refractivity contribution in [2.75, 3.05) is 10.8 Å². The third kappa shape index (κ3) is 6.51. The minimum Gasteiger partial charge on any atom is -0.348 e. The molecular formula is C29H36N2O3S. The first-order valence-electron chi connectivity index (χ1n) is 12.0. The van der Waals surface area contributed by atoms with Crippen LogP contribution in [0.15, 0.2) is 83.8 Å². The van der Waals surface area contributed by atoms with Gasteiger partial charge in [0, 0.05) is 0 Å². The average Bonchev–Trinajstić information content (AvgIpc) is 2.82. The van der Waals surface area contributed by atoms with Gasteiger partial charge in [0.05, 0.1) is 16.6 Å². The Kier molecular flexibility index (Phi) is 8.06. The monoisotopic (exact) mass is 492 g/mol. The zero-order valence-electron chi connectivity index (χ0n) is 21.4. The van der Waals surface area contributed by atoms with Gasteiger partial charge in [-0.25, -0.2) is 8.42 Å². The van der Waals surface area contributed by atoms with E-state index in [4.69, 9.17) is 0 Å². The summed E-state index contributed by atoms with van der Waals surface area (Å²) in [6.45, 7) is 12.2. The van der Waals surface area contributed by atoms with Gasteiger partial charge >= 0.3 is 0 Å². The maximum Gasteiger partial charge on any atom is 0.264 e. The first-order chi connectivity index (χ1) is 16.4. The molecule has 0 spiro atoms. The van der Waals surface area contributed by atoms with Crippen molar-refractivity contribution >= 4 is 21.6 Å². The van der Waals surface area contributed by atoms with Gasteiger partial charge in [-0.05, 0) is 59.2 Å². The van der Waals surface area contributed by atoms with Crippen molar-refractivity contribution in [3.05, 3.63) is 95.6 Å². The Morgan fingerprint density at radius 3 is 1.89 bits per heavy atom. The lowest BCUT2D eigenvalue weighted by Gasteiger charge is -2.26. The van der Waals surface area contributed by atoms with Gasteiger partial charge in [0.2, 0.25) is 5.91 Å². The van der Waals surface area contributed by atoms with Gasteiger partial charge in [-0.2, -0.15) is 0 Å². The summed E-state index contributed by atoms with van der Waals surface area (Å²) >= 11 is 0. The Morgan fingerprint density at radius 1 is 0.829 bits per heavy atom. The van der Waals surface area contributed by atoms with E-state index >= 15 is 0 Å². The van der Waals surface area contributed by atoms with E-state index in [1.807, 2.05) is 31.2 Å². The molecule has 1 amide bonds. The molecule has 0 saturated heterocycles. The predicted octanol–water partition coefficient (Wildman–Crippen LogP) is 6.18. The molecule has 0 aliphatic heterocycles. The Labute approximate surface area is 210 Å². The summed E-state index contributed by atoms with van der Waals surface area (Å²) in [5.74, 6) is -0.0538. The second-order valence-corrected chi connectivity index (χ2v) is 12.1. The summed E-state index contributed by atoms with van der Waals surface area (Å²) in [6.07, 6.45) is 0. The van der Waals surface area contributed by atoms with Crippen LogP contribution in [0.2, 0.25) is 0 Å². The zero-order valence-corrected chi connectivity index (χ0v) is 22.3. The molecule has 3 aromatic rings. The van der Waals surface area contributed by atoms with Crippen molar-refractivity contribution in [1.82, 2.24) is 5.32 Å². The van der Waals surface area contributed by atoms with Crippen molar-refractivity contribution in [2.24, 2.45) is 0 Å². The number of nitrogens with zero attached hydrogens (tertiary/aromatic N) is 1. The van der Waals surface area contributed by atoms with Gasteiger partial charge in [-0.15, -0.1) is 0 Å². The summed E-state index contributed by atoms with van der Waals surface area (Å²) < 4.78 is 28.2. The molecule has 0 heterocycles. The number of anilines is 1. The number of sulfonamides is 1. The van der Waals surface area contributed by atoms with E-state index in [9.17, 15) is 13.2 Å². The quantitative estimate of drug-likeness (QED) is 0.408. The highest BCUT2D eigenvalue weighted by Crippen LogP contribution is 2.27. The Hall–Kier alpha value is -3.12. The number of rotatable bonds is 8. The van der Waals surface area contributed by atoms with Crippen molar-refractivity contribution in [3.63, 3.8) is 0 Å². The van der Waals surface area contributed by atoms with Crippen LogP contribution in [0.5, 0.6) is 0 Å². The van der Waals surface area contributed by atoms with Gasteiger partial charge in [0.25, 0.3) is 10.0 Å². The fraction of sp³-hybridized carbons (Fsp3) is 0.345. The number of carbonyl (C=O) groups excluding carboxylic acids is 1. The van der Waals surface area contributed by atoms with E-state index in [0.29, 0.717) is 11.6 Å². The van der Waals surface area contributed by atoms with Crippen molar-refractivity contribution < 1.29 is 13.2 Å². The van der Waals surface area contributed by atoms with E-state index in [1.54, 1.807) is 42.5 Å². The number of nitrogens with one attached hydrogen (secondary N) is 1. The molecule has 0 aliphatic rings. The third-order valence-corrected chi connectivity index (χ3v) is 7.91. The Bertz CT molecular complexity index is 1230. The van der Waals surface area contributed by atoms with Crippen LogP contribution in [0, 0.1) is 0 Å². The molecule has 35 heavy (non-hydrogen) atoms. The first kappa shape index (κ1) is 26.5.